The molecular weight excluding hydrogens is 289 g/mol. The molecule has 4 nitrogen and oxygen atoms in total. The van der Waals surface area contributed by atoms with Crippen LogP contribution in [0.3, 0.4) is 0 Å². The quantitative estimate of drug-likeness (QED) is 0.771. The summed E-state index contributed by atoms with van der Waals surface area (Å²) in [5.41, 5.74) is 6.28. The van der Waals surface area contributed by atoms with Crippen molar-refractivity contribution >= 4 is 27.5 Å². The molecule has 0 aromatic heterocycles. The molecule has 0 saturated carbocycles. The zero-order valence-corrected chi connectivity index (χ0v) is 11.1. The summed E-state index contributed by atoms with van der Waals surface area (Å²) in [6, 6.07) is 4.39. The Balaban J connectivity index is 2.67. The highest BCUT2D eigenvalue weighted by Gasteiger charge is 2.11. The van der Waals surface area contributed by atoms with E-state index in [0.717, 1.165) is 5.69 Å². The zero-order chi connectivity index (χ0) is 12.8. The van der Waals surface area contributed by atoms with Crippen LogP contribution in [0.2, 0.25) is 0 Å². The van der Waals surface area contributed by atoms with E-state index in [1.54, 1.807) is 19.2 Å². The van der Waals surface area contributed by atoms with Crippen LogP contribution in [0.15, 0.2) is 22.7 Å². The standard InChI is InChI=1S/C11H15BrFN3O/c1-15-11(17)5-8(6-14)16-7-2-3-10(13)9(12)4-7/h2-4,8,16H,5-6,14H2,1H3,(H,15,17). The summed E-state index contributed by atoms with van der Waals surface area (Å²) in [6.45, 7) is 0.322. The molecule has 94 valence electrons. The number of hydrogen-bond donors (Lipinski definition) is 3. The number of halogens is 2. The van der Waals surface area contributed by atoms with Gasteiger partial charge in [0.1, 0.15) is 5.82 Å². The summed E-state index contributed by atoms with van der Waals surface area (Å²) < 4.78 is 13.4. The van der Waals surface area contributed by atoms with Crippen molar-refractivity contribution in [2.45, 2.75) is 12.5 Å². The maximum absolute atomic E-state index is 13.0. The molecule has 4 N–H and O–H groups in total. The Hall–Kier alpha value is -1.14. The number of carbonyl (C=O) groups excluding carboxylic acids is 1. The zero-order valence-electron chi connectivity index (χ0n) is 9.47. The van der Waals surface area contributed by atoms with E-state index >= 15 is 0 Å². The molecule has 0 aliphatic heterocycles. The lowest BCUT2D eigenvalue weighted by Crippen LogP contribution is -2.34. The molecule has 1 amide bonds. The Labute approximate surface area is 108 Å². The maximum Gasteiger partial charge on any atom is 0.221 e. The van der Waals surface area contributed by atoms with Crippen molar-refractivity contribution in [1.29, 1.82) is 0 Å². The van der Waals surface area contributed by atoms with E-state index in [9.17, 15) is 9.18 Å². The Morgan fingerprint density at radius 3 is 2.82 bits per heavy atom. The third-order valence-electron chi connectivity index (χ3n) is 2.29. The summed E-state index contributed by atoms with van der Waals surface area (Å²) in [4.78, 5) is 11.2. The predicted octanol–water partition coefficient (Wildman–Crippen LogP) is 1.46. The first-order valence-corrected chi connectivity index (χ1v) is 5.98. The number of carbonyl (C=O) groups is 1. The average Bonchev–Trinajstić information content (AvgIpc) is 2.32. The van der Waals surface area contributed by atoms with E-state index in [4.69, 9.17) is 5.73 Å². The molecule has 0 spiro atoms. The number of nitrogens with one attached hydrogen (secondary N) is 2. The van der Waals surface area contributed by atoms with Gasteiger partial charge in [0.05, 0.1) is 4.47 Å². The minimum absolute atomic E-state index is 0.0888. The summed E-state index contributed by atoms with van der Waals surface area (Å²) in [7, 11) is 1.57. The summed E-state index contributed by atoms with van der Waals surface area (Å²) >= 11 is 3.10. The number of benzene rings is 1. The van der Waals surface area contributed by atoms with Crippen LogP contribution in [0.25, 0.3) is 0 Å². The summed E-state index contributed by atoms with van der Waals surface area (Å²) in [5.74, 6) is -0.416. The molecule has 0 saturated heterocycles. The van der Waals surface area contributed by atoms with Crippen LogP contribution in [-0.2, 0) is 4.79 Å². The fraction of sp³-hybridized carbons (Fsp3) is 0.364. The average molecular weight is 304 g/mol. The van der Waals surface area contributed by atoms with E-state index < -0.39 is 0 Å². The summed E-state index contributed by atoms with van der Waals surface area (Å²) in [5, 5.41) is 5.61. The first kappa shape index (κ1) is 13.9. The van der Waals surface area contributed by atoms with Gasteiger partial charge in [0.2, 0.25) is 5.91 Å². The van der Waals surface area contributed by atoms with Crippen molar-refractivity contribution in [3.05, 3.63) is 28.5 Å². The minimum Gasteiger partial charge on any atom is -0.380 e. The molecule has 1 aromatic carbocycles. The van der Waals surface area contributed by atoms with Crippen LogP contribution >= 0.6 is 15.9 Å². The maximum atomic E-state index is 13.0. The lowest BCUT2D eigenvalue weighted by atomic mass is 10.2. The SMILES string of the molecule is CNC(=O)CC(CN)Nc1ccc(F)c(Br)c1. The van der Waals surface area contributed by atoms with E-state index in [1.807, 2.05) is 0 Å². The molecule has 1 rings (SSSR count). The predicted molar refractivity (Wildman–Crippen MR) is 69.2 cm³/mol. The lowest BCUT2D eigenvalue weighted by Gasteiger charge is -2.17. The lowest BCUT2D eigenvalue weighted by molar-refractivity contribution is -0.120. The van der Waals surface area contributed by atoms with Crippen LogP contribution in [0.5, 0.6) is 0 Å². The van der Waals surface area contributed by atoms with Crippen molar-refractivity contribution in [3.8, 4) is 0 Å². The first-order valence-electron chi connectivity index (χ1n) is 5.19. The molecular formula is C11H15BrFN3O. The number of hydrogen-bond acceptors (Lipinski definition) is 3. The van der Waals surface area contributed by atoms with Crippen molar-refractivity contribution in [2.75, 3.05) is 18.9 Å². The molecule has 0 fully saturated rings. The molecule has 17 heavy (non-hydrogen) atoms. The second-order valence-corrected chi connectivity index (χ2v) is 4.44. The highest BCUT2D eigenvalue weighted by molar-refractivity contribution is 9.10. The fourth-order valence-corrected chi connectivity index (χ4v) is 1.72. The Kier molecular flexibility index (Phi) is 5.37. The van der Waals surface area contributed by atoms with Gasteiger partial charge in [0, 0.05) is 31.7 Å². The molecule has 1 atom stereocenters. The van der Waals surface area contributed by atoms with Gasteiger partial charge in [-0.1, -0.05) is 0 Å². The highest BCUT2D eigenvalue weighted by atomic mass is 79.9. The van der Waals surface area contributed by atoms with Gasteiger partial charge in [-0.05, 0) is 34.1 Å². The molecule has 0 aliphatic carbocycles. The number of rotatable bonds is 5. The monoisotopic (exact) mass is 303 g/mol. The van der Waals surface area contributed by atoms with Crippen molar-refractivity contribution in [1.82, 2.24) is 5.32 Å². The highest BCUT2D eigenvalue weighted by Crippen LogP contribution is 2.20. The van der Waals surface area contributed by atoms with E-state index in [0.29, 0.717) is 11.0 Å². The number of anilines is 1. The third-order valence-corrected chi connectivity index (χ3v) is 2.89. The minimum atomic E-state index is -0.328. The van der Waals surface area contributed by atoms with Crippen molar-refractivity contribution in [3.63, 3.8) is 0 Å². The summed E-state index contributed by atoms with van der Waals surface area (Å²) in [6.07, 6.45) is 0.280. The molecule has 1 aromatic rings. The van der Waals surface area contributed by atoms with Crippen LogP contribution < -0.4 is 16.4 Å². The van der Waals surface area contributed by atoms with Gasteiger partial charge < -0.3 is 16.4 Å². The smallest absolute Gasteiger partial charge is 0.221 e. The first-order chi connectivity index (χ1) is 8.06. The Bertz CT molecular complexity index is 400. The van der Waals surface area contributed by atoms with Crippen LogP contribution in [0.1, 0.15) is 6.42 Å². The van der Waals surface area contributed by atoms with E-state index in [-0.39, 0.29) is 24.2 Å². The van der Waals surface area contributed by atoms with Gasteiger partial charge in [-0.2, -0.15) is 0 Å². The van der Waals surface area contributed by atoms with Crippen LogP contribution in [0.4, 0.5) is 10.1 Å². The van der Waals surface area contributed by atoms with Gasteiger partial charge >= 0.3 is 0 Å². The molecule has 1 unspecified atom stereocenters. The molecule has 0 radical (unpaired) electrons. The van der Waals surface area contributed by atoms with E-state index in [2.05, 4.69) is 26.6 Å². The van der Waals surface area contributed by atoms with Gasteiger partial charge in [0.25, 0.3) is 0 Å². The number of amides is 1. The second-order valence-electron chi connectivity index (χ2n) is 3.58. The molecule has 6 heteroatoms. The number of nitrogens with two attached hydrogens (primary N) is 1. The van der Waals surface area contributed by atoms with Crippen LogP contribution in [-0.4, -0.2) is 25.5 Å². The molecule has 0 bridgehead atoms. The largest absolute Gasteiger partial charge is 0.380 e. The second kappa shape index (κ2) is 6.56. The van der Waals surface area contributed by atoms with Crippen LogP contribution in [0, 0.1) is 5.82 Å². The Morgan fingerprint density at radius 1 is 1.59 bits per heavy atom. The molecule has 0 aliphatic rings. The third kappa shape index (κ3) is 4.32. The van der Waals surface area contributed by atoms with Crippen molar-refractivity contribution < 1.29 is 9.18 Å². The molecule has 0 heterocycles. The fourth-order valence-electron chi connectivity index (χ4n) is 1.34. The van der Waals surface area contributed by atoms with Gasteiger partial charge in [-0.25, -0.2) is 4.39 Å². The van der Waals surface area contributed by atoms with Gasteiger partial charge in [-0.3, -0.25) is 4.79 Å². The normalized spacial score (nSPS) is 12.0. The van der Waals surface area contributed by atoms with Gasteiger partial charge in [0.15, 0.2) is 0 Å². The topological polar surface area (TPSA) is 67.2 Å². The Morgan fingerprint density at radius 2 is 2.29 bits per heavy atom. The van der Waals surface area contributed by atoms with Gasteiger partial charge in [-0.15, -0.1) is 0 Å². The van der Waals surface area contributed by atoms with E-state index in [1.165, 1.54) is 6.07 Å². The van der Waals surface area contributed by atoms with Crippen molar-refractivity contribution in [2.24, 2.45) is 5.73 Å².